The molecule has 0 aromatic heterocycles. The summed E-state index contributed by atoms with van der Waals surface area (Å²) in [4.78, 5) is 0. The fourth-order valence-electron chi connectivity index (χ4n) is 1.40. The van der Waals surface area contributed by atoms with Crippen molar-refractivity contribution in [2.45, 2.75) is 32.6 Å². The van der Waals surface area contributed by atoms with E-state index in [9.17, 15) is 0 Å². The van der Waals surface area contributed by atoms with Gasteiger partial charge in [0, 0.05) is 0 Å². The zero-order valence-corrected chi connectivity index (χ0v) is 8.37. The van der Waals surface area contributed by atoms with Gasteiger partial charge >= 0.3 is 0 Å². The van der Waals surface area contributed by atoms with E-state index >= 15 is 0 Å². The van der Waals surface area contributed by atoms with Crippen molar-refractivity contribution < 1.29 is 0 Å². The second kappa shape index (κ2) is 6.47. The van der Waals surface area contributed by atoms with E-state index in [4.69, 9.17) is 0 Å². The Bertz CT molecular complexity index is 233. The smallest absolute Gasteiger partial charge is 0.0279 e. The number of hydrogen-bond donors (Lipinski definition) is 0. The maximum absolute atomic E-state index is 2.24. The molecule has 13 heavy (non-hydrogen) atoms. The molecule has 0 saturated heterocycles. The largest absolute Gasteiger partial charge is 0.0917 e. The third-order valence-electron chi connectivity index (χ3n) is 2.16. The molecule has 0 amide bonds. The molecule has 1 rings (SSSR count). The van der Waals surface area contributed by atoms with E-state index in [1.807, 2.05) is 0 Å². The zero-order valence-electron chi connectivity index (χ0n) is 8.37. The third-order valence-corrected chi connectivity index (χ3v) is 2.16. The molecule has 1 aromatic rings. The molecular formula is C13H18. The number of benzene rings is 1. The van der Waals surface area contributed by atoms with Crippen LogP contribution in [0.1, 0.15) is 31.7 Å². The molecule has 0 aliphatic rings. The lowest BCUT2D eigenvalue weighted by Gasteiger charge is -1.98. The van der Waals surface area contributed by atoms with Crippen molar-refractivity contribution in [3.63, 3.8) is 0 Å². The van der Waals surface area contributed by atoms with Crippen molar-refractivity contribution in [1.82, 2.24) is 0 Å². The maximum Gasteiger partial charge on any atom is -0.0279 e. The minimum absolute atomic E-state index is 1.22. The topological polar surface area (TPSA) is 0 Å². The van der Waals surface area contributed by atoms with E-state index in [0.717, 1.165) is 0 Å². The molecule has 0 nitrogen and oxygen atoms in total. The Labute approximate surface area is 81.3 Å². The van der Waals surface area contributed by atoms with Crippen LogP contribution in [-0.2, 0) is 6.42 Å². The summed E-state index contributed by atoms with van der Waals surface area (Å²) in [6.07, 6.45) is 9.42. The van der Waals surface area contributed by atoms with Crippen LogP contribution in [-0.4, -0.2) is 0 Å². The molecule has 0 fully saturated rings. The molecule has 0 unspecified atom stereocenters. The standard InChI is InChI=1S/C13H18/c1-2-3-4-5-7-10-13-11-8-6-9-12-13/h2-3,6,8-9,11-12H,4-5,7,10H2,1H3/b3-2+. The van der Waals surface area contributed by atoms with Gasteiger partial charge in [-0.25, -0.2) is 0 Å². The SMILES string of the molecule is C/C=C/CCCCc1ccccc1. The number of unbranched alkanes of at least 4 members (excludes halogenated alkanes) is 2. The summed E-state index contributed by atoms with van der Waals surface area (Å²) in [5.74, 6) is 0. The first-order chi connectivity index (χ1) is 6.43. The highest BCUT2D eigenvalue weighted by molar-refractivity contribution is 5.14. The molecule has 0 spiro atoms. The molecule has 0 atom stereocenters. The molecular weight excluding hydrogens is 156 g/mol. The van der Waals surface area contributed by atoms with Gasteiger partial charge in [0.15, 0.2) is 0 Å². The lowest BCUT2D eigenvalue weighted by Crippen LogP contribution is -1.83. The van der Waals surface area contributed by atoms with Gasteiger partial charge in [-0.05, 0) is 38.2 Å². The lowest BCUT2D eigenvalue weighted by atomic mass is 10.1. The average molecular weight is 174 g/mol. The minimum Gasteiger partial charge on any atom is -0.0917 e. The molecule has 0 heterocycles. The molecule has 0 bridgehead atoms. The van der Waals surface area contributed by atoms with E-state index in [-0.39, 0.29) is 0 Å². The van der Waals surface area contributed by atoms with Gasteiger partial charge in [-0.2, -0.15) is 0 Å². The van der Waals surface area contributed by atoms with E-state index in [2.05, 4.69) is 49.4 Å². The maximum atomic E-state index is 2.24. The van der Waals surface area contributed by atoms with E-state index in [0.29, 0.717) is 0 Å². The van der Waals surface area contributed by atoms with Crippen molar-refractivity contribution in [3.05, 3.63) is 48.0 Å². The summed E-state index contributed by atoms with van der Waals surface area (Å²) in [5, 5.41) is 0. The first-order valence-electron chi connectivity index (χ1n) is 5.08. The van der Waals surface area contributed by atoms with Crippen LogP contribution in [0.4, 0.5) is 0 Å². The first-order valence-corrected chi connectivity index (χ1v) is 5.08. The highest BCUT2D eigenvalue weighted by Gasteiger charge is 1.90. The second-order valence-corrected chi connectivity index (χ2v) is 3.30. The van der Waals surface area contributed by atoms with Gasteiger partial charge in [-0.3, -0.25) is 0 Å². The summed E-state index contributed by atoms with van der Waals surface area (Å²) in [6, 6.07) is 10.7. The summed E-state index contributed by atoms with van der Waals surface area (Å²) in [7, 11) is 0. The van der Waals surface area contributed by atoms with E-state index in [1.54, 1.807) is 0 Å². The monoisotopic (exact) mass is 174 g/mol. The van der Waals surface area contributed by atoms with Gasteiger partial charge < -0.3 is 0 Å². The number of aryl methyl sites for hydroxylation is 1. The zero-order chi connectivity index (χ0) is 9.36. The van der Waals surface area contributed by atoms with Crippen LogP contribution in [0.15, 0.2) is 42.5 Å². The van der Waals surface area contributed by atoms with Crippen molar-refractivity contribution in [3.8, 4) is 0 Å². The Morgan fingerprint density at radius 1 is 1.08 bits per heavy atom. The van der Waals surface area contributed by atoms with Crippen LogP contribution < -0.4 is 0 Å². The van der Waals surface area contributed by atoms with Crippen LogP contribution >= 0.6 is 0 Å². The quantitative estimate of drug-likeness (QED) is 0.468. The molecule has 0 radical (unpaired) electrons. The van der Waals surface area contributed by atoms with Crippen molar-refractivity contribution in [1.29, 1.82) is 0 Å². The summed E-state index contributed by atoms with van der Waals surface area (Å²) in [6.45, 7) is 2.08. The molecule has 0 saturated carbocycles. The molecule has 1 aromatic carbocycles. The van der Waals surface area contributed by atoms with Crippen molar-refractivity contribution >= 4 is 0 Å². The van der Waals surface area contributed by atoms with Crippen molar-refractivity contribution in [2.24, 2.45) is 0 Å². The van der Waals surface area contributed by atoms with Crippen LogP contribution in [0.2, 0.25) is 0 Å². The van der Waals surface area contributed by atoms with Gasteiger partial charge in [0.2, 0.25) is 0 Å². The molecule has 0 heteroatoms. The van der Waals surface area contributed by atoms with Gasteiger partial charge in [0.25, 0.3) is 0 Å². The van der Waals surface area contributed by atoms with E-state index < -0.39 is 0 Å². The van der Waals surface area contributed by atoms with Gasteiger partial charge in [-0.15, -0.1) is 0 Å². The first kappa shape index (κ1) is 10.0. The summed E-state index contributed by atoms with van der Waals surface area (Å²) >= 11 is 0. The van der Waals surface area contributed by atoms with Crippen LogP contribution in [0.3, 0.4) is 0 Å². The fraction of sp³-hybridized carbons (Fsp3) is 0.385. The fourth-order valence-corrected chi connectivity index (χ4v) is 1.40. The Hall–Kier alpha value is -1.04. The average Bonchev–Trinajstić information content (AvgIpc) is 2.19. The van der Waals surface area contributed by atoms with E-state index in [1.165, 1.54) is 31.2 Å². The minimum atomic E-state index is 1.22. The van der Waals surface area contributed by atoms with Crippen LogP contribution in [0, 0.1) is 0 Å². The normalized spacial score (nSPS) is 10.8. The number of hydrogen-bond acceptors (Lipinski definition) is 0. The Morgan fingerprint density at radius 2 is 1.85 bits per heavy atom. The molecule has 0 aliphatic heterocycles. The number of allylic oxidation sites excluding steroid dienone is 2. The molecule has 70 valence electrons. The predicted molar refractivity (Wildman–Crippen MR) is 58.8 cm³/mol. The Morgan fingerprint density at radius 3 is 2.54 bits per heavy atom. The summed E-state index contributed by atoms with van der Waals surface area (Å²) < 4.78 is 0. The van der Waals surface area contributed by atoms with Crippen LogP contribution in [0.25, 0.3) is 0 Å². The summed E-state index contributed by atoms with van der Waals surface area (Å²) in [5.41, 5.74) is 1.46. The third kappa shape index (κ3) is 4.51. The van der Waals surface area contributed by atoms with Gasteiger partial charge in [0.05, 0.1) is 0 Å². The predicted octanol–water partition coefficient (Wildman–Crippen LogP) is 3.98. The van der Waals surface area contributed by atoms with Crippen LogP contribution in [0.5, 0.6) is 0 Å². The second-order valence-electron chi connectivity index (χ2n) is 3.30. The highest BCUT2D eigenvalue weighted by Crippen LogP contribution is 2.06. The molecule has 0 N–H and O–H groups in total. The molecule has 0 aliphatic carbocycles. The Kier molecular flexibility index (Phi) is 5.00. The van der Waals surface area contributed by atoms with Crippen molar-refractivity contribution in [2.75, 3.05) is 0 Å². The number of rotatable bonds is 5. The highest BCUT2D eigenvalue weighted by atomic mass is 14.0. The Balaban J connectivity index is 2.13. The van der Waals surface area contributed by atoms with Gasteiger partial charge in [-0.1, -0.05) is 42.5 Å². The lowest BCUT2D eigenvalue weighted by molar-refractivity contribution is 0.747. The van der Waals surface area contributed by atoms with Gasteiger partial charge in [0.1, 0.15) is 0 Å².